The Bertz CT molecular complexity index is 543. The SMILES string of the molecule is CCCC1CCC(C=Cc2c(C)cc(OCC)c(F)c2F)CC1. The number of benzene rings is 1. The predicted molar refractivity (Wildman–Crippen MR) is 91.7 cm³/mol. The van der Waals surface area contributed by atoms with Gasteiger partial charge >= 0.3 is 0 Å². The first kappa shape index (κ1) is 18.0. The maximum absolute atomic E-state index is 14.3. The Morgan fingerprint density at radius 2 is 1.83 bits per heavy atom. The smallest absolute Gasteiger partial charge is 0.201 e. The molecule has 0 heterocycles. The van der Waals surface area contributed by atoms with Gasteiger partial charge in [-0.15, -0.1) is 0 Å². The molecular weight excluding hydrogens is 294 g/mol. The van der Waals surface area contributed by atoms with Gasteiger partial charge in [-0.1, -0.05) is 31.9 Å². The number of rotatable bonds is 6. The summed E-state index contributed by atoms with van der Waals surface area (Å²) in [5, 5.41) is 0. The standard InChI is InChI=1S/C20H28F2O/c1-4-6-15-7-9-16(10-8-15)11-12-17-14(3)13-18(23-5-2)20(22)19(17)21/h11-13,15-16H,4-10H2,1-3H3. The van der Waals surface area contributed by atoms with E-state index in [9.17, 15) is 8.78 Å². The Balaban J connectivity index is 2.07. The number of hydrogen-bond donors (Lipinski definition) is 0. The van der Waals surface area contributed by atoms with E-state index in [1.54, 1.807) is 26.0 Å². The average Bonchev–Trinajstić information content (AvgIpc) is 2.54. The summed E-state index contributed by atoms with van der Waals surface area (Å²) < 4.78 is 33.4. The topological polar surface area (TPSA) is 9.23 Å². The highest BCUT2D eigenvalue weighted by molar-refractivity contribution is 5.57. The Morgan fingerprint density at radius 3 is 2.43 bits per heavy atom. The molecule has 2 rings (SSSR count). The molecule has 0 aliphatic heterocycles. The van der Waals surface area contributed by atoms with Crippen LogP contribution in [-0.2, 0) is 0 Å². The Hall–Kier alpha value is -1.38. The molecule has 128 valence electrons. The number of aryl methyl sites for hydroxylation is 1. The van der Waals surface area contributed by atoms with Crippen molar-refractivity contribution in [3.8, 4) is 5.75 Å². The zero-order valence-corrected chi connectivity index (χ0v) is 14.5. The molecule has 23 heavy (non-hydrogen) atoms. The van der Waals surface area contributed by atoms with E-state index in [-0.39, 0.29) is 5.75 Å². The Kier molecular flexibility index (Phi) is 6.61. The van der Waals surface area contributed by atoms with Gasteiger partial charge in [-0.3, -0.25) is 0 Å². The van der Waals surface area contributed by atoms with Gasteiger partial charge in [0.1, 0.15) is 0 Å². The molecule has 0 spiro atoms. The molecule has 0 atom stereocenters. The quantitative estimate of drug-likeness (QED) is 0.598. The van der Waals surface area contributed by atoms with Gasteiger partial charge in [0, 0.05) is 5.56 Å². The van der Waals surface area contributed by atoms with Crippen molar-refractivity contribution in [2.24, 2.45) is 11.8 Å². The van der Waals surface area contributed by atoms with Crippen molar-refractivity contribution in [1.29, 1.82) is 0 Å². The van der Waals surface area contributed by atoms with E-state index in [0.29, 0.717) is 23.7 Å². The van der Waals surface area contributed by atoms with Crippen LogP contribution in [0.3, 0.4) is 0 Å². The molecule has 0 aromatic heterocycles. The van der Waals surface area contributed by atoms with Crippen molar-refractivity contribution in [3.63, 3.8) is 0 Å². The summed E-state index contributed by atoms with van der Waals surface area (Å²) in [6.45, 7) is 6.11. The zero-order chi connectivity index (χ0) is 16.8. The minimum absolute atomic E-state index is 0.000256. The summed E-state index contributed by atoms with van der Waals surface area (Å²) >= 11 is 0. The molecule has 1 aromatic carbocycles. The van der Waals surface area contributed by atoms with Gasteiger partial charge < -0.3 is 4.74 Å². The van der Waals surface area contributed by atoms with Gasteiger partial charge in [0.2, 0.25) is 5.82 Å². The third-order valence-corrected chi connectivity index (χ3v) is 4.84. The van der Waals surface area contributed by atoms with Gasteiger partial charge in [0.15, 0.2) is 11.6 Å². The fourth-order valence-corrected chi connectivity index (χ4v) is 3.51. The maximum atomic E-state index is 14.3. The Morgan fingerprint density at radius 1 is 1.13 bits per heavy atom. The van der Waals surface area contributed by atoms with Gasteiger partial charge in [0.25, 0.3) is 0 Å². The second-order valence-electron chi connectivity index (χ2n) is 6.59. The molecule has 0 bridgehead atoms. The van der Waals surface area contributed by atoms with Crippen LogP contribution in [0.25, 0.3) is 6.08 Å². The van der Waals surface area contributed by atoms with Crippen LogP contribution >= 0.6 is 0 Å². The second-order valence-corrected chi connectivity index (χ2v) is 6.59. The van der Waals surface area contributed by atoms with Crippen LogP contribution in [0.5, 0.6) is 5.75 Å². The van der Waals surface area contributed by atoms with Crippen LogP contribution in [0.2, 0.25) is 0 Å². The molecule has 1 nitrogen and oxygen atoms in total. The highest BCUT2D eigenvalue weighted by atomic mass is 19.2. The van der Waals surface area contributed by atoms with Crippen molar-refractivity contribution in [2.45, 2.75) is 59.3 Å². The van der Waals surface area contributed by atoms with E-state index in [1.165, 1.54) is 25.7 Å². The van der Waals surface area contributed by atoms with E-state index in [4.69, 9.17) is 4.74 Å². The molecule has 0 amide bonds. The average molecular weight is 322 g/mol. The van der Waals surface area contributed by atoms with Crippen molar-refractivity contribution in [2.75, 3.05) is 6.61 Å². The largest absolute Gasteiger partial charge is 0.491 e. The fourth-order valence-electron chi connectivity index (χ4n) is 3.51. The zero-order valence-electron chi connectivity index (χ0n) is 14.5. The molecule has 1 fully saturated rings. The summed E-state index contributed by atoms with van der Waals surface area (Å²) in [5.41, 5.74) is 1.06. The van der Waals surface area contributed by atoms with Gasteiger partial charge in [0.05, 0.1) is 6.61 Å². The summed E-state index contributed by atoms with van der Waals surface area (Å²) in [6.07, 6.45) is 11.2. The van der Waals surface area contributed by atoms with Crippen molar-refractivity contribution < 1.29 is 13.5 Å². The lowest BCUT2D eigenvalue weighted by Gasteiger charge is -2.26. The normalized spacial score (nSPS) is 21.8. The lowest BCUT2D eigenvalue weighted by atomic mass is 9.80. The van der Waals surface area contributed by atoms with Gasteiger partial charge in [-0.25, -0.2) is 4.39 Å². The predicted octanol–water partition coefficient (Wildman–Crippen LogP) is 6.29. The van der Waals surface area contributed by atoms with E-state index >= 15 is 0 Å². The molecule has 1 aliphatic rings. The monoisotopic (exact) mass is 322 g/mol. The summed E-state index contributed by atoms with van der Waals surface area (Å²) in [4.78, 5) is 0. The van der Waals surface area contributed by atoms with E-state index in [1.807, 2.05) is 0 Å². The van der Waals surface area contributed by atoms with Gasteiger partial charge in [-0.05, 0) is 63.0 Å². The summed E-state index contributed by atoms with van der Waals surface area (Å²) in [6, 6.07) is 1.58. The minimum atomic E-state index is -0.885. The van der Waals surface area contributed by atoms with E-state index in [2.05, 4.69) is 13.0 Å². The number of halogens is 2. The first-order chi connectivity index (χ1) is 11.1. The fraction of sp³-hybridized carbons (Fsp3) is 0.600. The van der Waals surface area contributed by atoms with Gasteiger partial charge in [-0.2, -0.15) is 4.39 Å². The van der Waals surface area contributed by atoms with E-state index in [0.717, 1.165) is 18.8 Å². The molecule has 1 aromatic rings. The van der Waals surface area contributed by atoms with Crippen molar-refractivity contribution in [3.05, 3.63) is 34.9 Å². The highest BCUT2D eigenvalue weighted by Crippen LogP contribution is 2.33. The van der Waals surface area contributed by atoms with Crippen LogP contribution in [0.1, 0.15) is 63.5 Å². The minimum Gasteiger partial charge on any atom is -0.491 e. The van der Waals surface area contributed by atoms with Crippen LogP contribution < -0.4 is 4.74 Å². The van der Waals surface area contributed by atoms with E-state index < -0.39 is 11.6 Å². The van der Waals surface area contributed by atoms with Crippen molar-refractivity contribution in [1.82, 2.24) is 0 Å². The lowest BCUT2D eigenvalue weighted by Crippen LogP contribution is -2.12. The number of hydrogen-bond acceptors (Lipinski definition) is 1. The third kappa shape index (κ3) is 4.55. The highest BCUT2D eigenvalue weighted by Gasteiger charge is 2.20. The lowest BCUT2D eigenvalue weighted by molar-refractivity contribution is 0.294. The molecule has 0 saturated heterocycles. The van der Waals surface area contributed by atoms with Crippen LogP contribution in [0, 0.1) is 30.4 Å². The third-order valence-electron chi connectivity index (χ3n) is 4.84. The Labute approximate surface area is 138 Å². The van der Waals surface area contributed by atoms with Crippen molar-refractivity contribution >= 4 is 6.08 Å². The molecule has 0 unspecified atom stereocenters. The molecule has 3 heteroatoms. The first-order valence-electron chi connectivity index (χ1n) is 8.86. The second kappa shape index (κ2) is 8.47. The molecule has 0 radical (unpaired) electrons. The summed E-state index contributed by atoms with van der Waals surface area (Å²) in [7, 11) is 0. The number of ether oxygens (including phenoxy) is 1. The maximum Gasteiger partial charge on any atom is 0.201 e. The number of allylic oxidation sites excluding steroid dienone is 1. The molecular formula is C20H28F2O. The van der Waals surface area contributed by atoms with Crippen LogP contribution in [-0.4, -0.2) is 6.61 Å². The molecule has 1 aliphatic carbocycles. The molecule has 0 N–H and O–H groups in total. The van der Waals surface area contributed by atoms with Crippen LogP contribution in [0.15, 0.2) is 12.1 Å². The van der Waals surface area contributed by atoms with Crippen LogP contribution in [0.4, 0.5) is 8.78 Å². The summed E-state index contributed by atoms with van der Waals surface area (Å²) in [5.74, 6) is -0.351. The molecule has 1 saturated carbocycles. The first-order valence-corrected chi connectivity index (χ1v) is 8.86.